The first-order valence-corrected chi connectivity index (χ1v) is 3.78. The molecule has 5 heteroatoms. The third-order valence-corrected chi connectivity index (χ3v) is 2.10. The summed E-state index contributed by atoms with van der Waals surface area (Å²) >= 11 is 1.34. The maximum Gasteiger partial charge on any atom is 0.318 e. The van der Waals surface area contributed by atoms with E-state index in [1.807, 2.05) is 0 Å². The second-order valence-electron chi connectivity index (χ2n) is 1.99. The van der Waals surface area contributed by atoms with Gasteiger partial charge >= 0.3 is 6.01 Å². The molecule has 0 saturated heterocycles. The predicted octanol–water partition coefficient (Wildman–Crippen LogP) is 1.10. The van der Waals surface area contributed by atoms with Gasteiger partial charge in [-0.25, -0.2) is 0 Å². The van der Waals surface area contributed by atoms with Gasteiger partial charge in [0.25, 0.3) is 0 Å². The predicted molar refractivity (Wildman–Crippen MR) is 40.7 cm³/mol. The van der Waals surface area contributed by atoms with Gasteiger partial charge in [0.05, 0.1) is 5.39 Å². The van der Waals surface area contributed by atoms with Crippen molar-refractivity contribution >= 4 is 21.6 Å². The highest BCUT2D eigenvalue weighted by atomic mass is 32.1. The number of hydrogen-bond donors (Lipinski definition) is 2. The second-order valence-corrected chi connectivity index (χ2v) is 2.88. The van der Waals surface area contributed by atoms with E-state index in [0.717, 1.165) is 0 Å². The Kier molecular flexibility index (Phi) is 1.19. The summed E-state index contributed by atoms with van der Waals surface area (Å²) in [4.78, 5) is 7.67. The standard InChI is InChI=1S/C6H4N2O2S/c9-4-3-1-2-11-5(3)8-6(10)7-4/h1-2H,(H2,7,8,9,10). The minimum Gasteiger partial charge on any atom is -0.493 e. The summed E-state index contributed by atoms with van der Waals surface area (Å²) in [6, 6.07) is 1.31. The first-order valence-electron chi connectivity index (χ1n) is 2.90. The number of rotatable bonds is 0. The van der Waals surface area contributed by atoms with Crippen LogP contribution in [0.15, 0.2) is 11.4 Å². The van der Waals surface area contributed by atoms with Crippen LogP contribution >= 0.6 is 11.3 Å². The van der Waals surface area contributed by atoms with Crippen molar-refractivity contribution in [1.82, 2.24) is 9.97 Å². The molecule has 2 rings (SSSR count). The molecule has 0 aliphatic carbocycles. The normalized spacial score (nSPS) is 10.5. The third-order valence-electron chi connectivity index (χ3n) is 1.29. The summed E-state index contributed by atoms with van der Waals surface area (Å²) < 4.78 is 0. The Morgan fingerprint density at radius 2 is 2.09 bits per heavy atom. The molecule has 56 valence electrons. The molecule has 2 heterocycles. The zero-order chi connectivity index (χ0) is 7.84. The summed E-state index contributed by atoms with van der Waals surface area (Å²) in [7, 11) is 0. The fourth-order valence-electron chi connectivity index (χ4n) is 0.829. The zero-order valence-electron chi connectivity index (χ0n) is 5.35. The van der Waals surface area contributed by atoms with Crippen molar-refractivity contribution < 1.29 is 10.2 Å². The molecular formula is C6H4N2O2S. The summed E-state index contributed by atoms with van der Waals surface area (Å²) in [5, 5.41) is 20.3. The summed E-state index contributed by atoms with van der Waals surface area (Å²) in [6.07, 6.45) is 0. The molecule has 2 N–H and O–H groups in total. The number of aromatic hydroxyl groups is 2. The summed E-state index contributed by atoms with van der Waals surface area (Å²) in [6.45, 7) is 0. The second kappa shape index (κ2) is 2.06. The van der Waals surface area contributed by atoms with E-state index < -0.39 is 6.01 Å². The molecule has 0 unspecified atom stereocenters. The Labute approximate surface area is 65.8 Å². The van der Waals surface area contributed by atoms with Gasteiger partial charge in [0.15, 0.2) is 0 Å². The molecule has 0 atom stereocenters. The Morgan fingerprint density at radius 3 is 2.91 bits per heavy atom. The van der Waals surface area contributed by atoms with Gasteiger partial charge in [-0.2, -0.15) is 9.97 Å². The van der Waals surface area contributed by atoms with E-state index >= 15 is 0 Å². The minimum absolute atomic E-state index is 0.172. The van der Waals surface area contributed by atoms with Gasteiger partial charge in [0.1, 0.15) is 4.83 Å². The SMILES string of the molecule is Oc1nc(O)c2ccsc2n1. The molecule has 0 aliphatic heterocycles. The highest BCUT2D eigenvalue weighted by Gasteiger charge is 2.05. The van der Waals surface area contributed by atoms with Gasteiger partial charge in [-0.15, -0.1) is 11.3 Å². The average molecular weight is 168 g/mol. The lowest BCUT2D eigenvalue weighted by Crippen LogP contribution is -1.80. The summed E-state index contributed by atoms with van der Waals surface area (Å²) in [5.41, 5.74) is 0. The number of thiophene rings is 1. The average Bonchev–Trinajstić information content (AvgIpc) is 2.34. The fourth-order valence-corrected chi connectivity index (χ4v) is 1.58. The number of nitrogens with zero attached hydrogens (tertiary/aromatic N) is 2. The first kappa shape index (κ1) is 6.36. The van der Waals surface area contributed by atoms with Gasteiger partial charge in [-0.1, -0.05) is 0 Å². The number of fused-ring (bicyclic) bond motifs is 1. The van der Waals surface area contributed by atoms with Crippen LogP contribution in [0.1, 0.15) is 0 Å². The van der Waals surface area contributed by atoms with Gasteiger partial charge in [0.2, 0.25) is 5.88 Å². The van der Waals surface area contributed by atoms with E-state index in [9.17, 15) is 0 Å². The maximum absolute atomic E-state index is 9.14. The molecule has 0 spiro atoms. The van der Waals surface area contributed by atoms with Gasteiger partial charge < -0.3 is 10.2 Å². The highest BCUT2D eigenvalue weighted by molar-refractivity contribution is 7.16. The number of aromatic nitrogens is 2. The largest absolute Gasteiger partial charge is 0.493 e. The molecule has 0 saturated carbocycles. The van der Waals surface area contributed by atoms with Crippen molar-refractivity contribution in [3.8, 4) is 11.9 Å². The quantitative estimate of drug-likeness (QED) is 0.618. The molecule has 4 nitrogen and oxygen atoms in total. The van der Waals surface area contributed by atoms with Gasteiger partial charge in [0, 0.05) is 0 Å². The lowest BCUT2D eigenvalue weighted by molar-refractivity contribution is 0.404. The van der Waals surface area contributed by atoms with Crippen LogP contribution in [0.3, 0.4) is 0 Å². The Morgan fingerprint density at radius 1 is 1.27 bits per heavy atom. The number of hydrogen-bond acceptors (Lipinski definition) is 5. The molecule has 11 heavy (non-hydrogen) atoms. The van der Waals surface area contributed by atoms with Gasteiger partial charge in [-0.05, 0) is 11.4 Å². The lowest BCUT2D eigenvalue weighted by atomic mass is 10.4. The zero-order valence-corrected chi connectivity index (χ0v) is 6.17. The Balaban J connectivity index is 2.91. The molecule has 0 aliphatic rings. The van der Waals surface area contributed by atoms with Crippen LogP contribution < -0.4 is 0 Å². The summed E-state index contributed by atoms with van der Waals surface area (Å²) in [5.74, 6) is -0.172. The molecular weight excluding hydrogens is 164 g/mol. The topological polar surface area (TPSA) is 66.2 Å². The third kappa shape index (κ3) is 0.894. The van der Waals surface area contributed by atoms with E-state index in [4.69, 9.17) is 10.2 Å². The molecule has 0 radical (unpaired) electrons. The van der Waals surface area contributed by atoms with Crippen LogP contribution in [0, 0.1) is 0 Å². The monoisotopic (exact) mass is 168 g/mol. The van der Waals surface area contributed by atoms with Crippen LogP contribution in [0.25, 0.3) is 10.2 Å². The Bertz CT molecular complexity index is 398. The van der Waals surface area contributed by atoms with Crippen molar-refractivity contribution in [2.24, 2.45) is 0 Å². The van der Waals surface area contributed by atoms with Gasteiger partial charge in [-0.3, -0.25) is 0 Å². The molecule has 0 fully saturated rings. The molecule has 0 amide bonds. The van der Waals surface area contributed by atoms with E-state index in [1.165, 1.54) is 11.3 Å². The molecule has 0 aromatic carbocycles. The molecule has 2 aromatic heterocycles. The van der Waals surface area contributed by atoms with Crippen molar-refractivity contribution in [2.45, 2.75) is 0 Å². The van der Waals surface area contributed by atoms with Crippen molar-refractivity contribution in [3.63, 3.8) is 0 Å². The maximum atomic E-state index is 9.14. The first-order chi connectivity index (χ1) is 5.27. The van der Waals surface area contributed by atoms with Crippen LogP contribution in [-0.2, 0) is 0 Å². The molecule has 2 aromatic rings. The lowest BCUT2D eigenvalue weighted by Gasteiger charge is -1.92. The Hall–Kier alpha value is -1.36. The fraction of sp³-hybridized carbons (Fsp3) is 0. The van der Waals surface area contributed by atoms with Crippen LogP contribution in [0.5, 0.6) is 11.9 Å². The van der Waals surface area contributed by atoms with Crippen molar-refractivity contribution in [2.75, 3.05) is 0 Å². The van der Waals surface area contributed by atoms with E-state index in [2.05, 4.69) is 9.97 Å². The van der Waals surface area contributed by atoms with Crippen LogP contribution in [0.4, 0.5) is 0 Å². The van der Waals surface area contributed by atoms with Crippen molar-refractivity contribution in [1.29, 1.82) is 0 Å². The van der Waals surface area contributed by atoms with E-state index in [0.29, 0.717) is 10.2 Å². The van der Waals surface area contributed by atoms with Crippen molar-refractivity contribution in [3.05, 3.63) is 11.4 Å². The van der Waals surface area contributed by atoms with Crippen LogP contribution in [0.2, 0.25) is 0 Å². The highest BCUT2D eigenvalue weighted by Crippen LogP contribution is 2.26. The van der Waals surface area contributed by atoms with Crippen LogP contribution in [-0.4, -0.2) is 20.2 Å². The molecule has 0 bridgehead atoms. The smallest absolute Gasteiger partial charge is 0.318 e. The van der Waals surface area contributed by atoms with E-state index in [1.54, 1.807) is 11.4 Å². The van der Waals surface area contributed by atoms with E-state index in [-0.39, 0.29) is 5.88 Å². The minimum atomic E-state index is -0.391.